The van der Waals surface area contributed by atoms with E-state index in [2.05, 4.69) is 18.7 Å². The van der Waals surface area contributed by atoms with Gasteiger partial charge in [-0.1, -0.05) is 26.0 Å². The lowest BCUT2D eigenvalue weighted by atomic mass is 10.0. The van der Waals surface area contributed by atoms with Crippen LogP contribution in [0.25, 0.3) is 0 Å². The third-order valence-electron chi connectivity index (χ3n) is 3.94. The Kier molecular flexibility index (Phi) is 4.59. The van der Waals surface area contributed by atoms with Crippen LogP contribution in [0.2, 0.25) is 0 Å². The van der Waals surface area contributed by atoms with E-state index in [1.54, 1.807) is 0 Å². The monoisotopic (exact) mass is 261 g/mol. The zero-order valence-electron chi connectivity index (χ0n) is 12.1. The minimum atomic E-state index is -0.271. The summed E-state index contributed by atoms with van der Waals surface area (Å²) in [5.41, 5.74) is 1.88. The van der Waals surface area contributed by atoms with Gasteiger partial charge in [-0.2, -0.15) is 0 Å². The highest BCUT2D eigenvalue weighted by molar-refractivity contribution is 5.89. The van der Waals surface area contributed by atoms with Crippen molar-refractivity contribution in [3.05, 3.63) is 35.4 Å². The summed E-state index contributed by atoms with van der Waals surface area (Å²) in [5, 5.41) is 0. The maximum absolute atomic E-state index is 11.4. The first-order chi connectivity index (χ1) is 9.11. The summed E-state index contributed by atoms with van der Waals surface area (Å²) in [5.74, 6) is 0.435. The van der Waals surface area contributed by atoms with Crippen molar-refractivity contribution in [1.82, 2.24) is 4.90 Å². The summed E-state index contributed by atoms with van der Waals surface area (Å²) >= 11 is 0. The number of hydrogen-bond acceptors (Lipinski definition) is 3. The molecule has 1 aliphatic heterocycles. The Bertz CT molecular complexity index is 425. The molecule has 0 saturated carbocycles. The highest BCUT2D eigenvalue weighted by Gasteiger charge is 2.26. The quantitative estimate of drug-likeness (QED) is 0.780. The van der Waals surface area contributed by atoms with Gasteiger partial charge in [-0.15, -0.1) is 0 Å². The number of carbonyl (C=O) groups excluding carboxylic acids is 1. The van der Waals surface area contributed by atoms with Gasteiger partial charge in [-0.05, 0) is 43.0 Å². The zero-order chi connectivity index (χ0) is 13.8. The van der Waals surface area contributed by atoms with Crippen LogP contribution in [0.4, 0.5) is 0 Å². The molecule has 3 heteroatoms. The first-order valence-corrected chi connectivity index (χ1v) is 7.03. The van der Waals surface area contributed by atoms with Gasteiger partial charge in [0.2, 0.25) is 0 Å². The molecule has 2 rings (SSSR count). The molecule has 1 unspecified atom stereocenters. The summed E-state index contributed by atoms with van der Waals surface area (Å²) in [6.45, 7) is 6.75. The van der Waals surface area contributed by atoms with E-state index in [1.807, 2.05) is 24.3 Å². The van der Waals surface area contributed by atoms with Gasteiger partial charge in [0, 0.05) is 12.6 Å². The topological polar surface area (TPSA) is 29.5 Å². The maximum Gasteiger partial charge on any atom is 0.337 e. The number of esters is 1. The van der Waals surface area contributed by atoms with Crippen molar-refractivity contribution in [2.75, 3.05) is 13.7 Å². The van der Waals surface area contributed by atoms with Crippen LogP contribution in [0.5, 0.6) is 0 Å². The predicted octanol–water partition coefficient (Wildman–Crippen LogP) is 3.09. The van der Waals surface area contributed by atoms with E-state index in [9.17, 15) is 4.79 Å². The van der Waals surface area contributed by atoms with E-state index < -0.39 is 0 Å². The number of likely N-dealkylation sites (tertiary alicyclic amines) is 1. The Morgan fingerprint density at radius 1 is 1.37 bits per heavy atom. The smallest absolute Gasteiger partial charge is 0.337 e. The molecular weight excluding hydrogens is 238 g/mol. The maximum atomic E-state index is 11.4. The molecule has 1 aromatic rings. The average molecular weight is 261 g/mol. The van der Waals surface area contributed by atoms with E-state index >= 15 is 0 Å². The van der Waals surface area contributed by atoms with Gasteiger partial charge in [0.15, 0.2) is 0 Å². The molecule has 1 aromatic carbocycles. The van der Waals surface area contributed by atoms with Crippen LogP contribution in [0, 0.1) is 5.92 Å². The molecule has 19 heavy (non-hydrogen) atoms. The van der Waals surface area contributed by atoms with Crippen molar-refractivity contribution < 1.29 is 9.53 Å². The lowest BCUT2D eigenvalue weighted by molar-refractivity contribution is 0.0600. The van der Waals surface area contributed by atoms with Crippen LogP contribution in [-0.4, -0.2) is 30.6 Å². The minimum absolute atomic E-state index is 0.271. The second-order valence-corrected chi connectivity index (χ2v) is 5.61. The molecule has 0 bridgehead atoms. The summed E-state index contributed by atoms with van der Waals surface area (Å²) in [7, 11) is 1.41. The number of carbonyl (C=O) groups is 1. The fraction of sp³-hybridized carbons (Fsp3) is 0.562. The molecule has 1 fully saturated rings. The van der Waals surface area contributed by atoms with E-state index in [0.717, 1.165) is 6.54 Å². The summed E-state index contributed by atoms with van der Waals surface area (Å²) < 4.78 is 4.71. The summed E-state index contributed by atoms with van der Waals surface area (Å²) in [6.07, 6.45) is 2.60. The van der Waals surface area contributed by atoms with Gasteiger partial charge in [-0.3, -0.25) is 4.90 Å². The van der Waals surface area contributed by atoms with Gasteiger partial charge in [0.25, 0.3) is 0 Å². The molecule has 0 radical (unpaired) electrons. The molecule has 0 amide bonds. The minimum Gasteiger partial charge on any atom is -0.465 e. The van der Waals surface area contributed by atoms with Crippen molar-refractivity contribution in [1.29, 1.82) is 0 Å². The van der Waals surface area contributed by atoms with Crippen molar-refractivity contribution in [3.63, 3.8) is 0 Å². The van der Waals surface area contributed by atoms with Crippen LogP contribution in [0.3, 0.4) is 0 Å². The van der Waals surface area contributed by atoms with E-state index in [4.69, 9.17) is 4.74 Å². The Morgan fingerprint density at radius 3 is 2.63 bits per heavy atom. The lowest BCUT2D eigenvalue weighted by Crippen LogP contribution is -2.32. The lowest BCUT2D eigenvalue weighted by Gasteiger charge is -2.27. The summed E-state index contributed by atoms with van der Waals surface area (Å²) in [4.78, 5) is 13.9. The summed E-state index contributed by atoms with van der Waals surface area (Å²) in [6, 6.07) is 8.45. The second-order valence-electron chi connectivity index (χ2n) is 5.61. The standard InChI is InChI=1S/C16H23NO2/c1-12(2)15-5-4-10-17(15)11-13-6-8-14(9-7-13)16(18)19-3/h6-9,12,15H,4-5,10-11H2,1-3H3. The van der Waals surface area contributed by atoms with Gasteiger partial charge in [0.1, 0.15) is 0 Å². The molecule has 1 heterocycles. The molecule has 0 aliphatic carbocycles. The van der Waals surface area contributed by atoms with Crippen molar-refractivity contribution in [2.24, 2.45) is 5.92 Å². The van der Waals surface area contributed by atoms with Crippen molar-refractivity contribution in [2.45, 2.75) is 39.3 Å². The normalized spacial score (nSPS) is 19.9. The molecule has 0 N–H and O–H groups in total. The van der Waals surface area contributed by atoms with E-state index in [-0.39, 0.29) is 5.97 Å². The predicted molar refractivity (Wildman–Crippen MR) is 76.1 cm³/mol. The molecule has 104 valence electrons. The number of nitrogens with zero attached hydrogens (tertiary/aromatic N) is 1. The van der Waals surface area contributed by atoms with Crippen molar-refractivity contribution >= 4 is 5.97 Å². The Balaban J connectivity index is 2.01. The van der Waals surface area contributed by atoms with Crippen LogP contribution >= 0.6 is 0 Å². The fourth-order valence-corrected chi connectivity index (χ4v) is 2.90. The second kappa shape index (κ2) is 6.20. The van der Waals surface area contributed by atoms with E-state index in [0.29, 0.717) is 17.5 Å². The Labute approximate surface area is 115 Å². The van der Waals surface area contributed by atoms with Crippen molar-refractivity contribution in [3.8, 4) is 0 Å². The Hall–Kier alpha value is -1.35. The number of benzene rings is 1. The molecular formula is C16H23NO2. The first-order valence-electron chi connectivity index (χ1n) is 7.03. The highest BCUT2D eigenvalue weighted by atomic mass is 16.5. The Morgan fingerprint density at radius 2 is 2.05 bits per heavy atom. The van der Waals surface area contributed by atoms with E-state index in [1.165, 1.54) is 32.1 Å². The number of methoxy groups -OCH3 is 1. The molecule has 1 aliphatic rings. The van der Waals surface area contributed by atoms with Gasteiger partial charge < -0.3 is 4.74 Å². The number of ether oxygens (including phenoxy) is 1. The largest absolute Gasteiger partial charge is 0.465 e. The zero-order valence-corrected chi connectivity index (χ0v) is 12.1. The van der Waals surface area contributed by atoms with Crippen LogP contribution < -0.4 is 0 Å². The molecule has 1 saturated heterocycles. The average Bonchev–Trinajstić information content (AvgIpc) is 2.87. The highest BCUT2D eigenvalue weighted by Crippen LogP contribution is 2.25. The third kappa shape index (κ3) is 3.35. The van der Waals surface area contributed by atoms with Gasteiger partial charge >= 0.3 is 5.97 Å². The SMILES string of the molecule is COC(=O)c1ccc(CN2CCCC2C(C)C)cc1. The molecule has 0 aromatic heterocycles. The molecule has 3 nitrogen and oxygen atoms in total. The number of rotatable bonds is 4. The fourth-order valence-electron chi connectivity index (χ4n) is 2.90. The van der Waals surface area contributed by atoms with Crippen LogP contribution in [-0.2, 0) is 11.3 Å². The number of hydrogen-bond donors (Lipinski definition) is 0. The van der Waals surface area contributed by atoms with Crippen LogP contribution in [0.15, 0.2) is 24.3 Å². The van der Waals surface area contributed by atoms with Gasteiger partial charge in [0.05, 0.1) is 12.7 Å². The molecule has 1 atom stereocenters. The third-order valence-corrected chi connectivity index (χ3v) is 3.94. The molecule has 0 spiro atoms. The van der Waals surface area contributed by atoms with Gasteiger partial charge in [-0.25, -0.2) is 4.79 Å². The first kappa shape index (κ1) is 14.1. The van der Waals surface area contributed by atoms with Crippen LogP contribution in [0.1, 0.15) is 42.6 Å².